The van der Waals surface area contributed by atoms with Crippen LogP contribution in [0.3, 0.4) is 0 Å². The van der Waals surface area contributed by atoms with Crippen LogP contribution in [0.2, 0.25) is 0 Å². The van der Waals surface area contributed by atoms with E-state index in [1.165, 1.54) is 18.2 Å². The predicted molar refractivity (Wildman–Crippen MR) is 94.1 cm³/mol. The van der Waals surface area contributed by atoms with Crippen LogP contribution >= 0.6 is 11.3 Å². The Kier molecular flexibility index (Phi) is 5.47. The van der Waals surface area contributed by atoms with Gasteiger partial charge in [0.25, 0.3) is 0 Å². The maximum absolute atomic E-state index is 13.2. The molecule has 3 rings (SSSR count). The summed E-state index contributed by atoms with van der Waals surface area (Å²) in [4.78, 5) is 6.53. The van der Waals surface area contributed by atoms with Gasteiger partial charge in [0.15, 0.2) is 5.13 Å². The van der Waals surface area contributed by atoms with Gasteiger partial charge in [-0.3, -0.25) is 0 Å². The summed E-state index contributed by atoms with van der Waals surface area (Å²) < 4.78 is 40.3. The molecule has 1 saturated heterocycles. The number of sulfonamides is 1. The number of aromatic nitrogens is 1. The van der Waals surface area contributed by atoms with Crippen molar-refractivity contribution >= 4 is 26.5 Å². The van der Waals surface area contributed by atoms with Gasteiger partial charge in [0.05, 0.1) is 5.75 Å². The molecule has 5 nitrogen and oxygen atoms in total. The highest BCUT2D eigenvalue weighted by molar-refractivity contribution is 7.88. The van der Waals surface area contributed by atoms with E-state index >= 15 is 0 Å². The summed E-state index contributed by atoms with van der Waals surface area (Å²) in [5, 5.41) is 2.93. The van der Waals surface area contributed by atoms with E-state index < -0.39 is 15.8 Å². The second-order valence-corrected chi connectivity index (χ2v) is 8.69. The summed E-state index contributed by atoms with van der Waals surface area (Å²) in [7, 11) is -3.47. The molecular formula is C16H20FN3O2S2. The monoisotopic (exact) mass is 369 g/mol. The van der Waals surface area contributed by atoms with Gasteiger partial charge in [-0.05, 0) is 36.5 Å². The number of piperidine rings is 1. The van der Waals surface area contributed by atoms with Crippen LogP contribution in [0.1, 0.15) is 18.4 Å². The van der Waals surface area contributed by atoms with Gasteiger partial charge in [0.1, 0.15) is 5.82 Å². The summed E-state index contributed by atoms with van der Waals surface area (Å²) in [6.07, 6.45) is 3.80. The molecule has 24 heavy (non-hydrogen) atoms. The lowest BCUT2D eigenvalue weighted by atomic mass is 9.99. The first-order valence-corrected chi connectivity index (χ1v) is 10.4. The number of nitrogens with zero attached hydrogens (tertiary/aromatic N) is 2. The van der Waals surface area contributed by atoms with Gasteiger partial charge in [-0.1, -0.05) is 12.1 Å². The molecule has 1 atom stereocenters. The van der Waals surface area contributed by atoms with E-state index in [9.17, 15) is 12.8 Å². The molecule has 0 radical (unpaired) electrons. The van der Waals surface area contributed by atoms with Crippen LogP contribution in [-0.4, -0.2) is 33.0 Å². The highest BCUT2D eigenvalue weighted by atomic mass is 32.2. The first-order valence-electron chi connectivity index (χ1n) is 7.88. The Hall–Kier alpha value is -1.51. The average Bonchev–Trinajstić information content (AvgIpc) is 3.07. The Morgan fingerprint density at radius 1 is 1.42 bits per heavy atom. The first kappa shape index (κ1) is 17.3. The number of hydrogen-bond acceptors (Lipinski definition) is 5. The van der Waals surface area contributed by atoms with Crippen molar-refractivity contribution in [2.24, 2.45) is 5.92 Å². The lowest BCUT2D eigenvalue weighted by molar-refractivity contribution is 0.410. The number of hydrogen-bond donors (Lipinski definition) is 1. The van der Waals surface area contributed by atoms with Crippen molar-refractivity contribution in [2.45, 2.75) is 18.6 Å². The quantitative estimate of drug-likeness (QED) is 0.850. The topological polar surface area (TPSA) is 62.3 Å². The molecule has 0 bridgehead atoms. The largest absolute Gasteiger partial charge is 0.348 e. The number of halogens is 1. The molecule has 1 aromatic carbocycles. The van der Waals surface area contributed by atoms with Crippen LogP contribution in [0.25, 0.3) is 0 Å². The van der Waals surface area contributed by atoms with Crippen LogP contribution in [0.15, 0.2) is 35.8 Å². The van der Waals surface area contributed by atoms with E-state index in [-0.39, 0.29) is 11.7 Å². The van der Waals surface area contributed by atoms with Crippen molar-refractivity contribution < 1.29 is 12.8 Å². The third kappa shape index (κ3) is 4.75. The molecule has 1 fully saturated rings. The summed E-state index contributed by atoms with van der Waals surface area (Å²) in [5.74, 6) is -0.368. The van der Waals surface area contributed by atoms with Crippen molar-refractivity contribution in [2.75, 3.05) is 24.5 Å². The molecular weight excluding hydrogens is 349 g/mol. The Labute approximate surface area is 145 Å². The van der Waals surface area contributed by atoms with Gasteiger partial charge < -0.3 is 4.90 Å². The molecule has 1 unspecified atom stereocenters. The molecule has 1 aromatic heterocycles. The van der Waals surface area contributed by atoms with Crippen molar-refractivity contribution in [3.05, 3.63) is 47.2 Å². The fourth-order valence-electron chi connectivity index (χ4n) is 2.92. The van der Waals surface area contributed by atoms with Gasteiger partial charge in [-0.15, -0.1) is 11.3 Å². The summed E-state index contributed by atoms with van der Waals surface area (Å²) >= 11 is 1.60. The molecule has 8 heteroatoms. The number of rotatable bonds is 6. The van der Waals surface area contributed by atoms with Crippen LogP contribution in [0.4, 0.5) is 9.52 Å². The van der Waals surface area contributed by atoms with Crippen LogP contribution in [-0.2, 0) is 15.8 Å². The zero-order chi connectivity index (χ0) is 17.0. The van der Waals surface area contributed by atoms with E-state index in [1.54, 1.807) is 23.6 Å². The Bertz CT molecular complexity index is 765. The summed E-state index contributed by atoms with van der Waals surface area (Å²) in [6.45, 7) is 2.16. The standard InChI is InChI=1S/C16H20FN3O2S2/c17-15-5-1-3-13(9-15)12-24(21,22)19-10-14-4-2-7-20(11-14)16-18-6-8-23-16/h1,3,5-6,8-9,14,19H,2,4,7,10-12H2. The molecule has 2 heterocycles. The van der Waals surface area contributed by atoms with E-state index in [1.807, 2.05) is 5.38 Å². The van der Waals surface area contributed by atoms with E-state index in [2.05, 4.69) is 14.6 Å². The van der Waals surface area contributed by atoms with Crippen molar-refractivity contribution in [3.63, 3.8) is 0 Å². The zero-order valence-corrected chi connectivity index (χ0v) is 14.8. The van der Waals surface area contributed by atoms with Gasteiger partial charge in [-0.2, -0.15) is 0 Å². The van der Waals surface area contributed by atoms with Gasteiger partial charge in [0.2, 0.25) is 10.0 Å². The molecule has 1 aliphatic rings. The summed E-state index contributed by atoms with van der Waals surface area (Å²) in [6, 6.07) is 5.70. The third-order valence-corrected chi connectivity index (χ3v) is 6.20. The number of nitrogens with one attached hydrogen (secondary N) is 1. The minimum atomic E-state index is -3.47. The minimum absolute atomic E-state index is 0.201. The molecule has 0 amide bonds. The molecule has 0 spiro atoms. The van der Waals surface area contributed by atoms with Crippen LogP contribution in [0.5, 0.6) is 0 Å². The van der Waals surface area contributed by atoms with Crippen LogP contribution in [0, 0.1) is 11.7 Å². The molecule has 0 saturated carbocycles. The SMILES string of the molecule is O=S(=O)(Cc1cccc(F)c1)NCC1CCCN(c2nccs2)C1. The Morgan fingerprint density at radius 2 is 2.29 bits per heavy atom. The average molecular weight is 369 g/mol. The lowest BCUT2D eigenvalue weighted by Gasteiger charge is -2.32. The smallest absolute Gasteiger partial charge is 0.215 e. The van der Waals surface area contributed by atoms with Gasteiger partial charge in [-0.25, -0.2) is 22.5 Å². The fraction of sp³-hybridized carbons (Fsp3) is 0.438. The normalized spacial score (nSPS) is 18.7. The Balaban J connectivity index is 1.54. The highest BCUT2D eigenvalue weighted by Gasteiger charge is 2.23. The molecule has 1 N–H and O–H groups in total. The second kappa shape index (κ2) is 7.58. The van der Waals surface area contributed by atoms with Crippen molar-refractivity contribution in [1.29, 1.82) is 0 Å². The first-order chi connectivity index (χ1) is 11.5. The van der Waals surface area contributed by atoms with E-state index in [0.29, 0.717) is 12.1 Å². The third-order valence-electron chi connectivity index (χ3n) is 4.05. The molecule has 130 valence electrons. The van der Waals surface area contributed by atoms with Crippen molar-refractivity contribution in [1.82, 2.24) is 9.71 Å². The predicted octanol–water partition coefficient (Wildman–Crippen LogP) is 2.62. The fourth-order valence-corrected chi connectivity index (χ4v) is 4.81. The second-order valence-electron chi connectivity index (χ2n) is 6.01. The molecule has 1 aliphatic heterocycles. The van der Waals surface area contributed by atoms with E-state index in [4.69, 9.17) is 0 Å². The van der Waals surface area contributed by atoms with Crippen molar-refractivity contribution in [3.8, 4) is 0 Å². The number of thiazole rings is 1. The molecule has 0 aliphatic carbocycles. The number of benzene rings is 1. The van der Waals surface area contributed by atoms with Crippen LogP contribution < -0.4 is 9.62 Å². The number of anilines is 1. The van der Waals surface area contributed by atoms with Gasteiger partial charge >= 0.3 is 0 Å². The minimum Gasteiger partial charge on any atom is -0.348 e. The highest BCUT2D eigenvalue weighted by Crippen LogP contribution is 2.24. The van der Waals surface area contributed by atoms with E-state index in [0.717, 1.165) is 31.1 Å². The Morgan fingerprint density at radius 3 is 3.04 bits per heavy atom. The maximum atomic E-state index is 13.2. The maximum Gasteiger partial charge on any atom is 0.215 e. The molecule has 2 aromatic rings. The summed E-state index contributed by atoms with van der Waals surface area (Å²) in [5.41, 5.74) is 0.454. The zero-order valence-electron chi connectivity index (χ0n) is 13.2. The van der Waals surface area contributed by atoms with Gasteiger partial charge in [0, 0.05) is 31.2 Å². The lowest BCUT2D eigenvalue weighted by Crippen LogP contribution is -2.41.